The van der Waals surface area contributed by atoms with Gasteiger partial charge in [-0.05, 0) is 108 Å². The van der Waals surface area contributed by atoms with Crippen LogP contribution in [0.1, 0.15) is 156 Å². The van der Waals surface area contributed by atoms with Gasteiger partial charge >= 0.3 is 5.97 Å². The minimum absolute atomic E-state index is 0.0107. The lowest BCUT2D eigenvalue weighted by molar-refractivity contribution is -0.321. The Morgan fingerprint density at radius 3 is 1.67 bits per heavy atom. The number of unbranched alkanes of at least 4 members (excludes halogenated alkanes) is 1. The molecule has 552 valence electrons. The van der Waals surface area contributed by atoms with Crippen molar-refractivity contribution in [1.82, 2.24) is 60.6 Å². The highest BCUT2D eigenvalue weighted by Crippen LogP contribution is 2.34. The zero-order valence-corrected chi connectivity index (χ0v) is 62.3. The lowest BCUT2D eigenvalue weighted by atomic mass is 9.90. The molecule has 4 N–H and O–H groups in total. The van der Waals surface area contributed by atoms with Gasteiger partial charge in [0.1, 0.15) is 67.1 Å². The van der Waals surface area contributed by atoms with E-state index in [-0.39, 0.29) is 56.7 Å². The Morgan fingerprint density at radius 1 is 0.577 bits per heavy atom. The van der Waals surface area contributed by atoms with Gasteiger partial charge in [0.05, 0.1) is 25.9 Å². The van der Waals surface area contributed by atoms with Gasteiger partial charge in [0.15, 0.2) is 6.04 Å². The van der Waals surface area contributed by atoms with Gasteiger partial charge in [0.2, 0.25) is 59.1 Å². The van der Waals surface area contributed by atoms with Crippen molar-refractivity contribution in [2.24, 2.45) is 35.5 Å². The number of allylic oxidation sites excluding steroid dienone is 1. The molecule has 97 heavy (non-hydrogen) atoms. The van der Waals surface area contributed by atoms with Gasteiger partial charge < -0.3 is 64.9 Å². The predicted molar refractivity (Wildman–Crippen MR) is 365 cm³/mol. The molecular weight excluding hydrogens is 1250 g/mol. The average molecular weight is 1370 g/mol. The molecule has 4 unspecified atom stereocenters. The fourth-order valence-corrected chi connectivity index (χ4v) is 12.4. The first kappa shape index (κ1) is 84.4. The van der Waals surface area contributed by atoms with Crippen LogP contribution >= 0.6 is 0 Å². The highest BCUT2D eigenvalue weighted by atomic mass is 16.7. The Labute approximate surface area is 576 Å². The second-order valence-electron chi connectivity index (χ2n) is 28.5. The summed E-state index contributed by atoms with van der Waals surface area (Å²) < 4.78 is 16.9. The number of carbonyl (C=O) groups is 12. The molecule has 3 fully saturated rings. The highest BCUT2D eigenvalue weighted by Gasteiger charge is 2.55. The Balaban J connectivity index is 2.28. The van der Waals surface area contributed by atoms with Crippen LogP contribution in [0.3, 0.4) is 0 Å². The molecule has 0 radical (unpaired) electrons. The van der Waals surface area contributed by atoms with Crippen LogP contribution in [0.2, 0.25) is 0 Å². The van der Waals surface area contributed by atoms with Gasteiger partial charge in [0, 0.05) is 68.9 Å². The molecule has 0 aliphatic carbocycles. The second kappa shape index (κ2) is 39.7. The van der Waals surface area contributed by atoms with Crippen molar-refractivity contribution in [3.05, 3.63) is 12.2 Å². The molecule has 13 atom stereocenters. The number of hydrogen-bond acceptors (Lipinski definition) is 17. The summed E-state index contributed by atoms with van der Waals surface area (Å²) in [5.41, 5.74) is 0. The number of fused-ring (bicyclic) bond motifs is 1. The number of rotatable bonds is 21. The molecule has 0 aromatic rings. The molecule has 3 aliphatic rings. The van der Waals surface area contributed by atoms with E-state index in [0.717, 1.165) is 36.0 Å². The number of nitrogens with zero attached hydrogens (tertiary/aromatic N) is 8. The van der Waals surface area contributed by atoms with Crippen LogP contribution in [-0.2, 0) is 76.6 Å². The van der Waals surface area contributed by atoms with Gasteiger partial charge in [0.25, 0.3) is 5.91 Å². The maximum absolute atomic E-state index is 15.2. The first-order chi connectivity index (χ1) is 45.3. The number of likely N-dealkylation sites (N-methyl/N-ethyl adjacent to an activating group) is 6. The molecule has 0 bridgehead atoms. The largest absolute Gasteiger partial charge is 0.462 e. The van der Waals surface area contributed by atoms with E-state index >= 15 is 19.2 Å². The molecular formula is C69H120N12O16. The summed E-state index contributed by atoms with van der Waals surface area (Å²) >= 11 is 0. The van der Waals surface area contributed by atoms with Crippen molar-refractivity contribution in [1.29, 1.82) is 0 Å². The summed E-state index contributed by atoms with van der Waals surface area (Å²) in [4.78, 5) is 190. The van der Waals surface area contributed by atoms with E-state index in [2.05, 4.69) is 26.2 Å². The molecule has 11 amide bonds. The predicted octanol–water partition coefficient (Wildman–Crippen LogP) is 2.61. The van der Waals surface area contributed by atoms with E-state index in [1.165, 1.54) is 87.6 Å². The van der Waals surface area contributed by atoms with Gasteiger partial charge in [-0.25, -0.2) is 5.06 Å². The third-order valence-corrected chi connectivity index (χ3v) is 18.5. The number of amides is 11. The zero-order chi connectivity index (χ0) is 73.6. The first-order valence-electron chi connectivity index (χ1n) is 34.8. The lowest BCUT2D eigenvalue weighted by Gasteiger charge is -2.50. The Morgan fingerprint density at radius 2 is 1.12 bits per heavy atom. The van der Waals surface area contributed by atoms with Crippen LogP contribution in [-0.4, -0.2) is 278 Å². The average Bonchev–Trinajstić information content (AvgIpc) is 0.755. The number of hydroxylamine groups is 2. The van der Waals surface area contributed by atoms with Crippen LogP contribution in [0.25, 0.3) is 0 Å². The van der Waals surface area contributed by atoms with Crippen molar-refractivity contribution in [3.8, 4) is 0 Å². The molecule has 3 rings (SSSR count). The molecule has 0 aromatic carbocycles. The minimum Gasteiger partial charge on any atom is -0.462 e. The van der Waals surface area contributed by atoms with E-state index in [9.17, 15) is 38.4 Å². The molecule has 28 nitrogen and oxygen atoms in total. The van der Waals surface area contributed by atoms with Crippen LogP contribution in [0, 0.1) is 35.5 Å². The monoisotopic (exact) mass is 1370 g/mol. The smallest absolute Gasteiger partial charge is 0.302 e. The molecule has 28 heteroatoms. The Bertz CT molecular complexity index is 2710. The SMILES string of the molecule is CCC1NC(=O)[C@@H]2[C@@H]([C@H](C)C/C=C/COC(C)=O)ON2C(=O)[C@H](C(C)C)N(C)C(=O)[C@H](CC(C)C)N(C)C(=O)[C@H](CC(C)C)N(C)C(=O)CNC(=O)C(C)NC(=O)[C@H](CC(C)C)N(C)C(=O)C(C(C)C)NC(=O)C([C@@H](C)OCCCCN2CCOCC2)N(C)C(=O)[C@@H](C)N(C)C1=O. The summed E-state index contributed by atoms with van der Waals surface area (Å²) in [6.07, 6.45) is 3.52. The molecule has 0 saturated carbocycles. The van der Waals surface area contributed by atoms with Crippen LogP contribution in [0.15, 0.2) is 12.2 Å². The summed E-state index contributed by atoms with van der Waals surface area (Å²) in [6, 6.07) is -12.6. The third-order valence-electron chi connectivity index (χ3n) is 18.5. The summed E-state index contributed by atoms with van der Waals surface area (Å²) in [7, 11) is 8.53. The Kier molecular flexibility index (Phi) is 34.6. The quantitative estimate of drug-likeness (QED) is 0.0729. The number of esters is 1. The van der Waals surface area contributed by atoms with Gasteiger partial charge in [-0.2, -0.15) is 0 Å². The van der Waals surface area contributed by atoms with Gasteiger partial charge in [-0.15, -0.1) is 0 Å². The van der Waals surface area contributed by atoms with E-state index in [1.807, 2.05) is 41.5 Å². The summed E-state index contributed by atoms with van der Waals surface area (Å²) in [6.45, 7) is 30.6. The topological polar surface area (TPSA) is 316 Å². The van der Waals surface area contributed by atoms with E-state index in [4.69, 9.17) is 19.0 Å². The normalized spacial score (nSPS) is 27.3. The molecule has 0 spiro atoms. The number of nitrogens with one attached hydrogen (secondary N) is 4. The van der Waals surface area contributed by atoms with Crippen LogP contribution < -0.4 is 21.3 Å². The number of ether oxygens (including phenoxy) is 3. The molecule has 3 saturated heterocycles. The highest BCUT2D eigenvalue weighted by molar-refractivity contribution is 6.00. The van der Waals surface area contributed by atoms with E-state index in [1.54, 1.807) is 60.6 Å². The van der Waals surface area contributed by atoms with Gasteiger partial charge in [-0.3, -0.25) is 67.3 Å². The maximum Gasteiger partial charge on any atom is 0.302 e. The van der Waals surface area contributed by atoms with Crippen molar-refractivity contribution >= 4 is 70.9 Å². The molecule has 3 heterocycles. The number of hydrogen-bond donors (Lipinski definition) is 4. The number of carbonyl (C=O) groups excluding carboxylic acids is 12. The lowest BCUT2D eigenvalue weighted by Crippen LogP contribution is -2.72. The van der Waals surface area contributed by atoms with Crippen LogP contribution in [0.4, 0.5) is 0 Å². The summed E-state index contributed by atoms with van der Waals surface area (Å²) in [5, 5.41) is 11.9. The fourth-order valence-electron chi connectivity index (χ4n) is 12.4. The minimum atomic E-state index is -1.40. The fraction of sp³-hybridized carbons (Fsp3) is 0.797. The van der Waals surface area contributed by atoms with Crippen molar-refractivity contribution in [2.75, 3.05) is 94.9 Å². The van der Waals surface area contributed by atoms with Crippen molar-refractivity contribution in [3.63, 3.8) is 0 Å². The standard InChI is InChI=1S/C69H120N12O16/c1-23-50-65(89)74(17)47(14)64(88)79(22)57(48(15)95-32-27-25-29-80-30-34-94-35-31-80)62(86)73-55(43(8)9)68(92)76(19)51(36-40(2)3)61(85)71-46(13)60(84)70-39-54(83)75(18)52(37-41(4)5)66(90)77(20)53(38-42(6)7)67(91)78(21)56(44(10)11)69(93)81-58(63(87)72-50)59(97-81)45(12)28-24-26-33-96-49(16)82/h24,26,40-48,50-53,55-59H,23,25,27-39H2,1-22H3,(H,70,84)(H,71,85)(H,72,87)(H,73,86)/b26-24+/t45-,46?,47-,48-,50?,51+,52+,53+,55?,56+,57?,58+,59-/m1/s1. The zero-order valence-electron chi connectivity index (χ0n) is 62.3. The summed E-state index contributed by atoms with van der Waals surface area (Å²) in [5.74, 6) is -10.3. The van der Waals surface area contributed by atoms with Gasteiger partial charge in [-0.1, -0.05) is 95.2 Å². The third kappa shape index (κ3) is 24.0. The number of morpholine rings is 1. The van der Waals surface area contributed by atoms with E-state index < -0.39 is 168 Å². The molecule has 3 aliphatic heterocycles. The van der Waals surface area contributed by atoms with Crippen molar-refractivity contribution in [2.45, 2.75) is 228 Å². The Hall–Kier alpha value is -6.78. The first-order valence-corrected chi connectivity index (χ1v) is 34.8. The second-order valence-corrected chi connectivity index (χ2v) is 28.5. The molecule has 0 aromatic heterocycles. The van der Waals surface area contributed by atoms with E-state index in [0.29, 0.717) is 26.1 Å². The maximum atomic E-state index is 15.2. The van der Waals surface area contributed by atoms with Crippen LogP contribution in [0.5, 0.6) is 0 Å². The van der Waals surface area contributed by atoms with Crippen molar-refractivity contribution < 1.29 is 76.6 Å².